The second-order valence-electron chi connectivity index (χ2n) is 7.36. The summed E-state index contributed by atoms with van der Waals surface area (Å²) in [6.07, 6.45) is 0.901. The smallest absolute Gasteiger partial charge is 0.400 e. The van der Waals surface area contributed by atoms with Gasteiger partial charge in [-0.05, 0) is 69.6 Å². The van der Waals surface area contributed by atoms with E-state index in [4.69, 9.17) is 9.31 Å². The number of rotatable bonds is 3. The van der Waals surface area contributed by atoms with E-state index in [1.807, 2.05) is 0 Å². The van der Waals surface area contributed by atoms with Gasteiger partial charge in [-0.3, -0.25) is 0 Å². The number of fused-ring (bicyclic) bond motifs is 1. The van der Waals surface area contributed by atoms with Crippen molar-refractivity contribution in [1.29, 1.82) is 0 Å². The van der Waals surface area contributed by atoms with Crippen LogP contribution in [-0.2, 0) is 9.31 Å². The number of allylic oxidation sites excluding steroid dienone is 2. The van der Waals surface area contributed by atoms with Gasteiger partial charge in [0.1, 0.15) is 0 Å². The Hall–Kier alpha value is -1.52. The van der Waals surface area contributed by atoms with Gasteiger partial charge in [-0.15, -0.1) is 0 Å². The lowest BCUT2D eigenvalue weighted by Crippen LogP contribution is -2.41. The molecule has 1 fully saturated rings. The van der Waals surface area contributed by atoms with Gasteiger partial charge in [-0.2, -0.15) is 0 Å². The average Bonchev–Trinajstić information content (AvgIpc) is 2.98. The summed E-state index contributed by atoms with van der Waals surface area (Å²) in [5, 5.41) is 1.23. The lowest BCUT2D eigenvalue weighted by Gasteiger charge is -2.32. The molecule has 3 nitrogen and oxygen atoms in total. The molecular weight excluding hydrogens is 285 g/mol. The van der Waals surface area contributed by atoms with Crippen LogP contribution < -0.4 is 0 Å². The molecule has 1 aliphatic rings. The molecule has 2 aromatic rings. The van der Waals surface area contributed by atoms with E-state index in [1.165, 1.54) is 16.4 Å². The van der Waals surface area contributed by atoms with E-state index < -0.39 is 0 Å². The summed E-state index contributed by atoms with van der Waals surface area (Å²) in [5.41, 5.74) is 4.10. The van der Waals surface area contributed by atoms with Crippen LogP contribution in [-0.4, -0.2) is 23.3 Å². The Morgan fingerprint density at radius 1 is 1.09 bits per heavy atom. The molecule has 23 heavy (non-hydrogen) atoms. The standard InChI is InChI=1S/C19H26BNO2/c1-7-15(20-22-18(3,4)19(5,6)23-20)13(2)17-12-14-10-8-9-11-16(14)21-17/h8-12,21H,7H2,1-6H3/b15-13+. The largest absolute Gasteiger partial charge is 0.490 e. The number of para-hydroxylation sites is 1. The first kappa shape index (κ1) is 16.3. The van der Waals surface area contributed by atoms with Gasteiger partial charge in [-0.25, -0.2) is 0 Å². The maximum absolute atomic E-state index is 6.24. The lowest BCUT2D eigenvalue weighted by atomic mass is 9.73. The fourth-order valence-corrected chi connectivity index (χ4v) is 3.04. The molecule has 0 amide bonds. The van der Waals surface area contributed by atoms with E-state index in [2.05, 4.69) is 76.9 Å². The van der Waals surface area contributed by atoms with Crippen LogP contribution in [0, 0.1) is 0 Å². The molecule has 1 N–H and O–H groups in total. The maximum atomic E-state index is 6.24. The van der Waals surface area contributed by atoms with E-state index >= 15 is 0 Å². The summed E-state index contributed by atoms with van der Waals surface area (Å²) in [6, 6.07) is 10.5. The Kier molecular flexibility index (Phi) is 3.93. The Balaban J connectivity index is 2.00. The predicted molar refractivity (Wildman–Crippen MR) is 97.3 cm³/mol. The highest BCUT2D eigenvalue weighted by Crippen LogP contribution is 2.40. The first-order valence-electron chi connectivity index (χ1n) is 8.38. The van der Waals surface area contributed by atoms with Crippen molar-refractivity contribution >= 4 is 23.6 Å². The molecule has 0 radical (unpaired) electrons. The van der Waals surface area contributed by atoms with Crippen molar-refractivity contribution in [3.05, 3.63) is 41.5 Å². The lowest BCUT2D eigenvalue weighted by molar-refractivity contribution is 0.00578. The number of aromatic amines is 1. The van der Waals surface area contributed by atoms with E-state index in [0.29, 0.717) is 0 Å². The van der Waals surface area contributed by atoms with Crippen LogP contribution >= 0.6 is 0 Å². The Morgan fingerprint density at radius 3 is 2.26 bits per heavy atom. The van der Waals surface area contributed by atoms with E-state index in [1.54, 1.807) is 0 Å². The average molecular weight is 311 g/mol. The van der Waals surface area contributed by atoms with Gasteiger partial charge in [0, 0.05) is 11.2 Å². The first-order valence-corrected chi connectivity index (χ1v) is 8.38. The highest BCUT2D eigenvalue weighted by atomic mass is 16.7. The summed E-state index contributed by atoms with van der Waals surface area (Å²) >= 11 is 0. The molecule has 122 valence electrons. The van der Waals surface area contributed by atoms with Crippen LogP contribution in [0.5, 0.6) is 0 Å². The molecule has 1 aromatic carbocycles. The molecule has 4 heteroatoms. The van der Waals surface area contributed by atoms with E-state index in [-0.39, 0.29) is 18.3 Å². The van der Waals surface area contributed by atoms with Gasteiger partial charge in [-0.1, -0.05) is 25.1 Å². The van der Waals surface area contributed by atoms with Crippen LogP contribution in [0.4, 0.5) is 0 Å². The molecule has 0 atom stereocenters. The van der Waals surface area contributed by atoms with Crippen LogP contribution in [0.2, 0.25) is 0 Å². The fraction of sp³-hybridized carbons (Fsp3) is 0.474. The molecule has 0 unspecified atom stereocenters. The van der Waals surface area contributed by atoms with Gasteiger partial charge in [0.05, 0.1) is 11.2 Å². The second kappa shape index (κ2) is 5.54. The van der Waals surface area contributed by atoms with Crippen molar-refractivity contribution in [3.63, 3.8) is 0 Å². The zero-order chi connectivity index (χ0) is 16.8. The Bertz CT molecular complexity index is 709. The van der Waals surface area contributed by atoms with Gasteiger partial charge < -0.3 is 14.3 Å². The van der Waals surface area contributed by atoms with Crippen molar-refractivity contribution in [1.82, 2.24) is 4.98 Å². The second-order valence-corrected chi connectivity index (χ2v) is 7.36. The third-order valence-electron chi connectivity index (χ3n) is 5.33. The van der Waals surface area contributed by atoms with E-state index in [9.17, 15) is 0 Å². The fourth-order valence-electron chi connectivity index (χ4n) is 3.04. The van der Waals surface area contributed by atoms with Gasteiger partial charge >= 0.3 is 7.12 Å². The summed E-state index contributed by atoms with van der Waals surface area (Å²) in [6.45, 7) is 12.7. The molecule has 3 rings (SSSR count). The number of hydrogen-bond donors (Lipinski definition) is 1. The minimum absolute atomic E-state index is 0.281. The summed E-state index contributed by atoms with van der Waals surface area (Å²) in [7, 11) is -0.281. The highest BCUT2D eigenvalue weighted by molar-refractivity contribution is 6.56. The van der Waals surface area contributed by atoms with Crippen molar-refractivity contribution in [2.24, 2.45) is 0 Å². The normalized spacial score (nSPS) is 20.9. The third kappa shape index (κ3) is 2.75. The van der Waals surface area contributed by atoms with Gasteiger partial charge in [0.2, 0.25) is 0 Å². The van der Waals surface area contributed by atoms with Crippen molar-refractivity contribution in [2.45, 2.75) is 59.2 Å². The SMILES string of the molecule is CC/C(B1OC(C)(C)C(C)(C)O1)=C(/C)c1cc2ccccc2[nH]1. The number of benzene rings is 1. The van der Waals surface area contributed by atoms with Gasteiger partial charge in [0.25, 0.3) is 0 Å². The number of hydrogen-bond acceptors (Lipinski definition) is 2. The van der Waals surface area contributed by atoms with E-state index in [0.717, 1.165) is 17.6 Å². The summed E-state index contributed by atoms with van der Waals surface area (Å²) in [4.78, 5) is 3.51. The minimum Gasteiger partial charge on any atom is -0.400 e. The highest BCUT2D eigenvalue weighted by Gasteiger charge is 2.52. The zero-order valence-electron chi connectivity index (χ0n) is 15.0. The maximum Gasteiger partial charge on any atom is 0.490 e. The molecule has 0 saturated carbocycles. The number of aromatic nitrogens is 1. The molecule has 1 saturated heterocycles. The van der Waals surface area contributed by atoms with Crippen LogP contribution in [0.3, 0.4) is 0 Å². The predicted octanol–water partition coefficient (Wildman–Crippen LogP) is 4.98. The van der Waals surface area contributed by atoms with Crippen molar-refractivity contribution in [3.8, 4) is 0 Å². The molecule has 1 aliphatic heterocycles. The van der Waals surface area contributed by atoms with Crippen molar-refractivity contribution < 1.29 is 9.31 Å². The van der Waals surface area contributed by atoms with Crippen LogP contribution in [0.15, 0.2) is 35.8 Å². The summed E-state index contributed by atoms with van der Waals surface area (Å²) in [5.74, 6) is 0. The third-order valence-corrected chi connectivity index (χ3v) is 5.33. The first-order chi connectivity index (χ1) is 10.7. The van der Waals surface area contributed by atoms with Gasteiger partial charge in [0.15, 0.2) is 0 Å². The molecule has 1 aromatic heterocycles. The molecule has 0 bridgehead atoms. The van der Waals surface area contributed by atoms with Crippen LogP contribution in [0.25, 0.3) is 16.5 Å². The Labute approximate surface area is 139 Å². The topological polar surface area (TPSA) is 34.2 Å². The Morgan fingerprint density at radius 2 is 1.70 bits per heavy atom. The quantitative estimate of drug-likeness (QED) is 0.811. The zero-order valence-corrected chi connectivity index (χ0v) is 15.0. The molecule has 2 heterocycles. The number of H-pyrrole nitrogens is 1. The molecular formula is C19H26BNO2. The summed E-state index contributed by atoms with van der Waals surface area (Å²) < 4.78 is 12.5. The monoisotopic (exact) mass is 311 g/mol. The van der Waals surface area contributed by atoms with Crippen molar-refractivity contribution in [2.75, 3.05) is 0 Å². The molecule has 0 aliphatic carbocycles. The van der Waals surface area contributed by atoms with Crippen LogP contribution in [0.1, 0.15) is 53.7 Å². The minimum atomic E-state index is -0.307. The molecule has 0 spiro atoms. The number of nitrogens with one attached hydrogen (secondary N) is 1.